The maximum absolute atomic E-state index is 12.2. The number of nitrogens with zero attached hydrogens (tertiary/aromatic N) is 1. The Labute approximate surface area is 107 Å². The zero-order valence-corrected chi connectivity index (χ0v) is 11.2. The number of carbonyl (C=O) groups excluding carboxylic acids is 1. The van der Waals surface area contributed by atoms with Crippen LogP contribution in [-0.2, 0) is 0 Å². The minimum absolute atomic E-state index is 0.110. The molecule has 0 unspecified atom stereocenters. The van der Waals surface area contributed by atoms with Crippen LogP contribution in [0.5, 0.6) is 5.75 Å². The van der Waals surface area contributed by atoms with Crippen LogP contribution in [0.15, 0.2) is 18.2 Å². The fourth-order valence-electron chi connectivity index (χ4n) is 1.44. The smallest absolute Gasteiger partial charge is 0.254 e. The molecular weight excluding hydrogens is 232 g/mol. The van der Waals surface area contributed by atoms with Gasteiger partial charge in [-0.2, -0.15) is 0 Å². The summed E-state index contributed by atoms with van der Waals surface area (Å²) in [6.07, 6.45) is 0. The number of aliphatic hydroxyl groups excluding tert-OH is 1. The van der Waals surface area contributed by atoms with E-state index >= 15 is 0 Å². The van der Waals surface area contributed by atoms with Crippen LogP contribution in [0, 0.1) is 0 Å². The van der Waals surface area contributed by atoms with Crippen molar-refractivity contribution in [3.63, 3.8) is 0 Å². The molecule has 1 aromatic carbocycles. The summed E-state index contributed by atoms with van der Waals surface area (Å²) in [4.78, 5) is 13.7. The lowest BCUT2D eigenvalue weighted by Crippen LogP contribution is -2.47. The molecule has 0 saturated carbocycles. The van der Waals surface area contributed by atoms with Gasteiger partial charge in [0.15, 0.2) is 0 Å². The number of amides is 1. The lowest BCUT2D eigenvalue weighted by atomic mass is 10.0. The molecular formula is C13H20N2O3. The number of anilines is 1. The minimum Gasteiger partial charge on any atom is -0.495 e. The van der Waals surface area contributed by atoms with Crippen molar-refractivity contribution < 1.29 is 14.6 Å². The van der Waals surface area contributed by atoms with E-state index in [4.69, 9.17) is 10.5 Å². The Bertz CT molecular complexity index is 444. The van der Waals surface area contributed by atoms with Gasteiger partial charge < -0.3 is 20.5 Å². The lowest BCUT2D eigenvalue weighted by molar-refractivity contribution is 0.0473. The molecule has 1 amide bonds. The number of carbonyl (C=O) groups is 1. The van der Waals surface area contributed by atoms with Crippen LogP contribution >= 0.6 is 0 Å². The van der Waals surface area contributed by atoms with Crippen LogP contribution in [0.3, 0.4) is 0 Å². The second-order valence-electron chi connectivity index (χ2n) is 4.79. The average molecular weight is 252 g/mol. The largest absolute Gasteiger partial charge is 0.495 e. The third kappa shape index (κ3) is 2.73. The lowest BCUT2D eigenvalue weighted by Gasteiger charge is -2.34. The monoisotopic (exact) mass is 252 g/mol. The maximum atomic E-state index is 12.2. The molecule has 0 bridgehead atoms. The summed E-state index contributed by atoms with van der Waals surface area (Å²) >= 11 is 0. The standard InChI is InChI=1S/C13H20N2O3/c1-13(2,8-16)15(3)12(17)9-5-6-11(18-4)10(14)7-9/h5-7,16H,8,14H2,1-4H3. The second-order valence-corrected chi connectivity index (χ2v) is 4.79. The van der Waals surface area contributed by atoms with Crippen molar-refractivity contribution in [3.05, 3.63) is 23.8 Å². The van der Waals surface area contributed by atoms with E-state index in [0.717, 1.165) is 0 Å². The highest BCUT2D eigenvalue weighted by atomic mass is 16.5. The van der Waals surface area contributed by atoms with Gasteiger partial charge in [0.1, 0.15) is 5.75 Å². The van der Waals surface area contributed by atoms with E-state index in [0.29, 0.717) is 17.0 Å². The van der Waals surface area contributed by atoms with E-state index in [-0.39, 0.29) is 12.5 Å². The molecule has 5 heteroatoms. The number of methoxy groups -OCH3 is 1. The van der Waals surface area contributed by atoms with E-state index in [1.54, 1.807) is 39.1 Å². The van der Waals surface area contributed by atoms with E-state index in [1.807, 2.05) is 0 Å². The number of likely N-dealkylation sites (N-methyl/N-ethyl adjacent to an activating group) is 1. The van der Waals surface area contributed by atoms with Gasteiger partial charge in [0.2, 0.25) is 0 Å². The maximum Gasteiger partial charge on any atom is 0.254 e. The summed E-state index contributed by atoms with van der Waals surface area (Å²) < 4.78 is 5.04. The summed E-state index contributed by atoms with van der Waals surface area (Å²) in [6.45, 7) is 3.47. The summed E-state index contributed by atoms with van der Waals surface area (Å²) in [6, 6.07) is 4.88. The van der Waals surface area contributed by atoms with Crippen molar-refractivity contribution in [2.45, 2.75) is 19.4 Å². The Hall–Kier alpha value is -1.75. The molecule has 0 heterocycles. The molecule has 1 aromatic rings. The number of benzene rings is 1. The average Bonchev–Trinajstić information content (AvgIpc) is 2.36. The number of nitrogens with two attached hydrogens (primary N) is 1. The number of rotatable bonds is 4. The number of nitrogen functional groups attached to an aromatic ring is 1. The third-order valence-corrected chi connectivity index (χ3v) is 3.08. The second kappa shape index (κ2) is 5.27. The van der Waals surface area contributed by atoms with Crippen LogP contribution in [-0.4, -0.2) is 42.2 Å². The summed E-state index contributed by atoms with van der Waals surface area (Å²) in [5.41, 5.74) is 6.03. The van der Waals surface area contributed by atoms with Crippen molar-refractivity contribution in [2.75, 3.05) is 26.5 Å². The van der Waals surface area contributed by atoms with Crippen LogP contribution in [0.1, 0.15) is 24.2 Å². The van der Waals surface area contributed by atoms with E-state index in [1.165, 1.54) is 12.0 Å². The molecule has 0 aliphatic carbocycles. The van der Waals surface area contributed by atoms with Crippen LogP contribution < -0.4 is 10.5 Å². The summed E-state index contributed by atoms with van der Waals surface area (Å²) in [5, 5.41) is 9.26. The molecule has 0 aliphatic rings. The predicted molar refractivity (Wildman–Crippen MR) is 70.7 cm³/mol. The highest BCUT2D eigenvalue weighted by Gasteiger charge is 2.27. The highest BCUT2D eigenvalue weighted by molar-refractivity contribution is 5.95. The number of ether oxygens (including phenoxy) is 1. The van der Waals surface area contributed by atoms with Gasteiger partial charge in [0.25, 0.3) is 5.91 Å². The van der Waals surface area contributed by atoms with Gasteiger partial charge in [-0.3, -0.25) is 4.79 Å². The topological polar surface area (TPSA) is 75.8 Å². The molecule has 100 valence electrons. The van der Waals surface area contributed by atoms with E-state index < -0.39 is 5.54 Å². The van der Waals surface area contributed by atoms with E-state index in [9.17, 15) is 9.90 Å². The summed E-state index contributed by atoms with van der Waals surface area (Å²) in [7, 11) is 3.17. The molecule has 1 rings (SSSR count). The van der Waals surface area contributed by atoms with Gasteiger partial charge in [0.05, 0.1) is 24.9 Å². The Morgan fingerprint density at radius 2 is 2.11 bits per heavy atom. The fourth-order valence-corrected chi connectivity index (χ4v) is 1.44. The number of hydrogen-bond donors (Lipinski definition) is 2. The Kier molecular flexibility index (Phi) is 4.19. The van der Waals surface area contributed by atoms with E-state index in [2.05, 4.69) is 0 Å². The quantitative estimate of drug-likeness (QED) is 0.787. The van der Waals surface area contributed by atoms with Crippen molar-refractivity contribution in [3.8, 4) is 5.75 Å². The van der Waals surface area contributed by atoms with Gasteiger partial charge in [-0.25, -0.2) is 0 Å². The van der Waals surface area contributed by atoms with Crippen LogP contribution in [0.4, 0.5) is 5.69 Å². The molecule has 0 radical (unpaired) electrons. The fraction of sp³-hybridized carbons (Fsp3) is 0.462. The Balaban J connectivity index is 3.01. The molecule has 0 saturated heterocycles. The van der Waals surface area contributed by atoms with Crippen molar-refractivity contribution in [1.29, 1.82) is 0 Å². The van der Waals surface area contributed by atoms with Crippen molar-refractivity contribution in [2.24, 2.45) is 0 Å². The summed E-state index contributed by atoms with van der Waals surface area (Å²) in [5.74, 6) is 0.346. The van der Waals surface area contributed by atoms with Gasteiger partial charge in [-0.15, -0.1) is 0 Å². The first-order chi connectivity index (χ1) is 8.33. The molecule has 0 spiro atoms. The zero-order valence-electron chi connectivity index (χ0n) is 11.2. The normalized spacial score (nSPS) is 11.2. The third-order valence-electron chi connectivity index (χ3n) is 3.08. The Morgan fingerprint density at radius 1 is 1.50 bits per heavy atom. The van der Waals surface area contributed by atoms with Crippen molar-refractivity contribution >= 4 is 11.6 Å². The number of hydrogen-bond acceptors (Lipinski definition) is 4. The molecule has 0 aliphatic heterocycles. The first kappa shape index (κ1) is 14.3. The molecule has 3 N–H and O–H groups in total. The van der Waals surface area contributed by atoms with Crippen molar-refractivity contribution in [1.82, 2.24) is 4.90 Å². The van der Waals surface area contributed by atoms with Crippen LogP contribution in [0.2, 0.25) is 0 Å². The van der Waals surface area contributed by atoms with Gasteiger partial charge >= 0.3 is 0 Å². The molecule has 18 heavy (non-hydrogen) atoms. The molecule has 0 atom stereocenters. The SMILES string of the molecule is COc1ccc(C(=O)N(C)C(C)(C)CO)cc1N. The first-order valence-corrected chi connectivity index (χ1v) is 5.66. The Morgan fingerprint density at radius 3 is 2.56 bits per heavy atom. The number of aliphatic hydroxyl groups is 1. The minimum atomic E-state index is -0.619. The highest BCUT2D eigenvalue weighted by Crippen LogP contribution is 2.24. The molecule has 0 aromatic heterocycles. The zero-order chi connectivity index (χ0) is 13.9. The first-order valence-electron chi connectivity index (χ1n) is 5.66. The molecule has 5 nitrogen and oxygen atoms in total. The van der Waals surface area contributed by atoms with Gasteiger partial charge in [-0.1, -0.05) is 0 Å². The molecule has 0 fully saturated rings. The van der Waals surface area contributed by atoms with Gasteiger partial charge in [0, 0.05) is 12.6 Å². The van der Waals surface area contributed by atoms with Gasteiger partial charge in [-0.05, 0) is 32.0 Å². The van der Waals surface area contributed by atoms with Crippen LogP contribution in [0.25, 0.3) is 0 Å². The predicted octanol–water partition coefficient (Wildman–Crippen LogP) is 1.12.